The number of pyridine rings is 1. The summed E-state index contributed by atoms with van der Waals surface area (Å²) in [6.45, 7) is 2.72. The lowest BCUT2D eigenvalue weighted by molar-refractivity contribution is 0.0859. The number of nitrogens with one attached hydrogen (secondary N) is 1. The summed E-state index contributed by atoms with van der Waals surface area (Å²) in [5, 5.41) is 0. The first-order valence-corrected chi connectivity index (χ1v) is 9.22. The lowest BCUT2D eigenvalue weighted by atomic mass is 10.1. The topological polar surface area (TPSA) is 60.0 Å². The van der Waals surface area contributed by atoms with E-state index in [1.807, 2.05) is 31.2 Å². The SMILES string of the molecule is CCOC(c1ccc(OCc2ccc(F)cc2)cc1)c1nc2ncc(F)cc2[nH]1. The molecule has 0 fully saturated rings. The lowest BCUT2D eigenvalue weighted by Crippen LogP contribution is -2.08. The molecule has 5 nitrogen and oxygen atoms in total. The molecule has 1 N–H and O–H groups in total. The molecule has 0 aliphatic carbocycles. The first-order valence-electron chi connectivity index (χ1n) is 9.22. The number of halogens is 2. The molecule has 148 valence electrons. The highest BCUT2D eigenvalue weighted by atomic mass is 19.1. The second-order valence-electron chi connectivity index (χ2n) is 6.47. The average Bonchev–Trinajstić information content (AvgIpc) is 3.15. The van der Waals surface area contributed by atoms with Crippen LogP contribution in [0.15, 0.2) is 60.8 Å². The van der Waals surface area contributed by atoms with E-state index < -0.39 is 11.9 Å². The molecule has 2 aromatic heterocycles. The number of rotatable bonds is 7. The van der Waals surface area contributed by atoms with Gasteiger partial charge in [-0.05, 0) is 42.3 Å². The largest absolute Gasteiger partial charge is 0.489 e. The summed E-state index contributed by atoms with van der Waals surface area (Å²) in [6, 6.07) is 15.0. The molecule has 0 radical (unpaired) electrons. The summed E-state index contributed by atoms with van der Waals surface area (Å²) in [5.41, 5.74) is 2.71. The van der Waals surface area contributed by atoms with Crippen LogP contribution < -0.4 is 4.74 Å². The lowest BCUT2D eigenvalue weighted by Gasteiger charge is -2.16. The van der Waals surface area contributed by atoms with Crippen molar-refractivity contribution in [2.75, 3.05) is 6.61 Å². The maximum absolute atomic E-state index is 13.4. The smallest absolute Gasteiger partial charge is 0.178 e. The summed E-state index contributed by atoms with van der Waals surface area (Å²) in [7, 11) is 0. The van der Waals surface area contributed by atoms with Crippen molar-refractivity contribution in [3.05, 3.63) is 89.4 Å². The number of hydrogen-bond acceptors (Lipinski definition) is 4. The third kappa shape index (κ3) is 4.41. The molecule has 2 aromatic carbocycles. The van der Waals surface area contributed by atoms with Gasteiger partial charge in [-0.15, -0.1) is 0 Å². The van der Waals surface area contributed by atoms with Crippen LogP contribution >= 0.6 is 0 Å². The second-order valence-corrected chi connectivity index (χ2v) is 6.47. The number of nitrogens with zero attached hydrogens (tertiary/aromatic N) is 2. The molecule has 1 unspecified atom stereocenters. The molecule has 0 bridgehead atoms. The fraction of sp³-hybridized carbons (Fsp3) is 0.182. The highest BCUT2D eigenvalue weighted by molar-refractivity contribution is 5.70. The molecule has 0 saturated carbocycles. The van der Waals surface area contributed by atoms with Gasteiger partial charge >= 0.3 is 0 Å². The van der Waals surface area contributed by atoms with Gasteiger partial charge in [-0.1, -0.05) is 24.3 Å². The van der Waals surface area contributed by atoms with Gasteiger partial charge in [0, 0.05) is 12.7 Å². The van der Waals surface area contributed by atoms with E-state index in [0.29, 0.717) is 36.0 Å². The minimum Gasteiger partial charge on any atom is -0.489 e. The molecule has 0 saturated heterocycles. The number of aromatic amines is 1. The quantitative estimate of drug-likeness (QED) is 0.481. The van der Waals surface area contributed by atoms with Crippen molar-refractivity contribution < 1.29 is 18.3 Å². The maximum Gasteiger partial charge on any atom is 0.178 e. The predicted octanol–water partition coefficient (Wildman–Crippen LogP) is 4.94. The number of imidazole rings is 1. The van der Waals surface area contributed by atoms with Gasteiger partial charge in [-0.3, -0.25) is 0 Å². The molecule has 4 aromatic rings. The fourth-order valence-electron chi connectivity index (χ4n) is 3.00. The number of H-pyrrole nitrogens is 1. The van der Waals surface area contributed by atoms with Crippen LogP contribution in [0.1, 0.15) is 30.0 Å². The highest BCUT2D eigenvalue weighted by Gasteiger charge is 2.19. The summed E-state index contributed by atoms with van der Waals surface area (Å²) in [5.74, 6) is 0.536. The van der Waals surface area contributed by atoms with Crippen molar-refractivity contribution in [3.63, 3.8) is 0 Å². The van der Waals surface area contributed by atoms with E-state index in [1.54, 1.807) is 12.1 Å². The Balaban J connectivity index is 1.51. The van der Waals surface area contributed by atoms with E-state index in [0.717, 1.165) is 17.3 Å². The van der Waals surface area contributed by atoms with E-state index >= 15 is 0 Å². The first kappa shape index (κ1) is 19.0. The van der Waals surface area contributed by atoms with Crippen molar-refractivity contribution in [1.29, 1.82) is 0 Å². The van der Waals surface area contributed by atoms with Crippen molar-refractivity contribution in [1.82, 2.24) is 15.0 Å². The Kier molecular flexibility index (Phi) is 5.48. The summed E-state index contributed by atoms with van der Waals surface area (Å²) < 4.78 is 38.0. The molecule has 29 heavy (non-hydrogen) atoms. The molecular weight excluding hydrogens is 376 g/mol. The van der Waals surface area contributed by atoms with Crippen LogP contribution in [0.25, 0.3) is 11.2 Å². The molecule has 2 heterocycles. The fourth-order valence-corrected chi connectivity index (χ4v) is 3.00. The summed E-state index contributed by atoms with van der Waals surface area (Å²) in [6.07, 6.45) is 0.694. The number of fused-ring (bicyclic) bond motifs is 1. The minimum atomic E-state index is -0.441. The van der Waals surface area contributed by atoms with Crippen molar-refractivity contribution in [2.45, 2.75) is 19.6 Å². The number of ether oxygens (including phenoxy) is 2. The normalized spacial score (nSPS) is 12.2. The van der Waals surface area contributed by atoms with Gasteiger partial charge in [0.15, 0.2) is 5.65 Å². The zero-order valence-electron chi connectivity index (χ0n) is 15.7. The Morgan fingerprint density at radius 3 is 2.48 bits per heavy atom. The molecule has 1 atom stereocenters. The van der Waals surface area contributed by atoms with Gasteiger partial charge in [0.25, 0.3) is 0 Å². The van der Waals surface area contributed by atoms with Gasteiger partial charge in [0.2, 0.25) is 0 Å². The minimum absolute atomic E-state index is 0.274. The van der Waals surface area contributed by atoms with Crippen LogP contribution in [0.5, 0.6) is 5.75 Å². The Labute approximate surface area is 166 Å². The van der Waals surface area contributed by atoms with Crippen molar-refractivity contribution in [2.24, 2.45) is 0 Å². The third-order valence-electron chi connectivity index (χ3n) is 4.41. The van der Waals surface area contributed by atoms with E-state index in [-0.39, 0.29) is 5.82 Å². The summed E-state index contributed by atoms with van der Waals surface area (Å²) >= 11 is 0. The van der Waals surface area contributed by atoms with Gasteiger partial charge in [0.1, 0.15) is 35.9 Å². The number of hydrogen-bond donors (Lipinski definition) is 1. The second kappa shape index (κ2) is 8.36. The maximum atomic E-state index is 13.4. The zero-order chi connectivity index (χ0) is 20.2. The number of aromatic nitrogens is 3. The molecule has 0 amide bonds. The Bertz CT molecular complexity index is 1100. The third-order valence-corrected chi connectivity index (χ3v) is 4.41. The van der Waals surface area contributed by atoms with Crippen LogP contribution in [0.2, 0.25) is 0 Å². The van der Waals surface area contributed by atoms with Crippen LogP contribution in [0, 0.1) is 11.6 Å². The molecule has 7 heteroatoms. The van der Waals surface area contributed by atoms with Crippen LogP contribution in [-0.4, -0.2) is 21.6 Å². The highest BCUT2D eigenvalue weighted by Crippen LogP contribution is 2.27. The standard InChI is InChI=1S/C22H19F2N3O2/c1-2-28-20(22-26-19-11-17(24)12-25-21(19)27-22)15-5-9-18(10-6-15)29-13-14-3-7-16(23)8-4-14/h3-12,20H,2,13H2,1H3,(H,25,26,27). The molecular formula is C22H19F2N3O2. The van der Waals surface area contributed by atoms with Crippen LogP contribution in [0.3, 0.4) is 0 Å². The molecule has 0 aliphatic rings. The molecule has 0 aliphatic heterocycles. The van der Waals surface area contributed by atoms with Crippen LogP contribution in [0.4, 0.5) is 8.78 Å². The van der Waals surface area contributed by atoms with E-state index in [9.17, 15) is 8.78 Å². The van der Waals surface area contributed by atoms with E-state index in [4.69, 9.17) is 9.47 Å². The van der Waals surface area contributed by atoms with E-state index in [2.05, 4.69) is 15.0 Å². The average molecular weight is 395 g/mol. The monoisotopic (exact) mass is 395 g/mol. The van der Waals surface area contributed by atoms with Crippen molar-refractivity contribution in [3.8, 4) is 5.75 Å². The molecule has 4 rings (SSSR count). The summed E-state index contributed by atoms with van der Waals surface area (Å²) in [4.78, 5) is 11.5. The van der Waals surface area contributed by atoms with Crippen LogP contribution in [-0.2, 0) is 11.3 Å². The van der Waals surface area contributed by atoms with E-state index in [1.165, 1.54) is 18.2 Å². The Morgan fingerprint density at radius 1 is 1.00 bits per heavy atom. The predicted molar refractivity (Wildman–Crippen MR) is 104 cm³/mol. The Hall–Kier alpha value is -3.32. The van der Waals surface area contributed by atoms with Gasteiger partial charge in [-0.2, -0.15) is 0 Å². The Morgan fingerprint density at radius 2 is 1.76 bits per heavy atom. The van der Waals surface area contributed by atoms with Crippen molar-refractivity contribution >= 4 is 11.2 Å². The van der Waals surface area contributed by atoms with Gasteiger partial charge in [0.05, 0.1) is 11.7 Å². The number of benzene rings is 2. The van der Waals surface area contributed by atoms with Gasteiger partial charge in [-0.25, -0.2) is 18.7 Å². The molecule has 0 spiro atoms. The zero-order valence-corrected chi connectivity index (χ0v) is 15.7. The first-order chi connectivity index (χ1) is 14.1. The van der Waals surface area contributed by atoms with Gasteiger partial charge < -0.3 is 14.5 Å².